The van der Waals surface area contributed by atoms with E-state index in [0.717, 1.165) is 22.8 Å². The number of carbonyl (C=O) groups excluding carboxylic acids is 1. The maximum atomic E-state index is 10.6. The van der Waals surface area contributed by atoms with Gasteiger partial charge in [-0.05, 0) is 30.5 Å². The largest absolute Gasteiger partial charge is 0.493 e. The quantitative estimate of drug-likeness (QED) is 0.712. The number of aldehydes is 1. The molecule has 0 saturated heterocycles. The molecule has 0 aliphatic heterocycles. The highest BCUT2D eigenvalue weighted by atomic mass is 16.5. The van der Waals surface area contributed by atoms with Gasteiger partial charge >= 0.3 is 0 Å². The lowest BCUT2D eigenvalue weighted by molar-refractivity contribution is 0.112. The number of carbonyl (C=O) groups is 1. The monoisotopic (exact) mass is 200 g/mol. The van der Waals surface area contributed by atoms with Gasteiger partial charge in [-0.1, -0.05) is 18.2 Å². The van der Waals surface area contributed by atoms with Crippen molar-refractivity contribution in [3.05, 3.63) is 42.0 Å². The summed E-state index contributed by atoms with van der Waals surface area (Å²) in [6, 6.07) is 11.4. The van der Waals surface area contributed by atoms with Crippen LogP contribution < -0.4 is 4.74 Å². The van der Waals surface area contributed by atoms with E-state index < -0.39 is 0 Å². The molecule has 2 aromatic rings. The maximum Gasteiger partial charge on any atom is 0.150 e. The predicted octanol–water partition coefficient (Wildman–Crippen LogP) is 3.05. The van der Waals surface area contributed by atoms with E-state index in [1.54, 1.807) is 6.07 Å². The first-order valence-electron chi connectivity index (χ1n) is 4.96. The van der Waals surface area contributed by atoms with Gasteiger partial charge in [0.2, 0.25) is 0 Å². The van der Waals surface area contributed by atoms with E-state index in [9.17, 15) is 4.79 Å². The lowest BCUT2D eigenvalue weighted by atomic mass is 10.1. The third kappa shape index (κ3) is 1.84. The first-order valence-corrected chi connectivity index (χ1v) is 4.96. The fourth-order valence-electron chi connectivity index (χ4n) is 1.63. The van der Waals surface area contributed by atoms with Crippen LogP contribution in [0.4, 0.5) is 0 Å². The van der Waals surface area contributed by atoms with Crippen LogP contribution in [0, 0.1) is 0 Å². The Morgan fingerprint density at radius 1 is 1.27 bits per heavy atom. The molecule has 2 heteroatoms. The minimum absolute atomic E-state index is 0.647. The van der Waals surface area contributed by atoms with E-state index in [0.29, 0.717) is 12.2 Å². The van der Waals surface area contributed by atoms with Gasteiger partial charge < -0.3 is 4.74 Å². The Morgan fingerprint density at radius 2 is 2.13 bits per heavy atom. The maximum absolute atomic E-state index is 10.6. The molecule has 2 rings (SSSR count). The molecule has 0 amide bonds. The minimum atomic E-state index is 0.647. The second-order valence-electron chi connectivity index (χ2n) is 3.29. The van der Waals surface area contributed by atoms with Crippen molar-refractivity contribution in [3.8, 4) is 5.75 Å². The molecule has 15 heavy (non-hydrogen) atoms. The van der Waals surface area contributed by atoms with Gasteiger partial charge in [-0.25, -0.2) is 0 Å². The molecule has 0 aliphatic rings. The van der Waals surface area contributed by atoms with E-state index in [2.05, 4.69) is 0 Å². The van der Waals surface area contributed by atoms with Gasteiger partial charge in [-0.3, -0.25) is 4.79 Å². The summed E-state index contributed by atoms with van der Waals surface area (Å²) in [7, 11) is 0. The van der Waals surface area contributed by atoms with Crippen LogP contribution in [0.15, 0.2) is 36.4 Å². The molecule has 0 atom stereocenters. The zero-order valence-electron chi connectivity index (χ0n) is 8.57. The average Bonchev–Trinajstić information content (AvgIpc) is 2.29. The molecular formula is C13H12O2. The molecule has 0 bridgehead atoms. The molecule has 0 fully saturated rings. The third-order valence-corrected chi connectivity index (χ3v) is 2.30. The van der Waals surface area contributed by atoms with Gasteiger partial charge in [-0.15, -0.1) is 0 Å². The fraction of sp³-hybridized carbons (Fsp3) is 0.154. The molecule has 2 nitrogen and oxygen atoms in total. The Balaban J connectivity index is 2.61. The van der Waals surface area contributed by atoms with E-state index in [1.165, 1.54) is 0 Å². The Kier molecular flexibility index (Phi) is 2.68. The molecule has 0 aromatic heterocycles. The van der Waals surface area contributed by atoms with Crippen LogP contribution in [0.25, 0.3) is 10.8 Å². The molecule has 0 spiro atoms. The van der Waals surface area contributed by atoms with Gasteiger partial charge in [-0.2, -0.15) is 0 Å². The second kappa shape index (κ2) is 4.13. The van der Waals surface area contributed by atoms with Crippen molar-refractivity contribution in [2.24, 2.45) is 0 Å². The van der Waals surface area contributed by atoms with Crippen LogP contribution in [0.3, 0.4) is 0 Å². The van der Waals surface area contributed by atoms with Crippen molar-refractivity contribution in [1.29, 1.82) is 0 Å². The van der Waals surface area contributed by atoms with Crippen molar-refractivity contribution < 1.29 is 9.53 Å². The highest BCUT2D eigenvalue weighted by Crippen LogP contribution is 2.25. The summed E-state index contributed by atoms with van der Waals surface area (Å²) in [5.74, 6) is 0.868. The van der Waals surface area contributed by atoms with Crippen molar-refractivity contribution >= 4 is 17.1 Å². The molecular weight excluding hydrogens is 188 g/mol. The number of hydrogen-bond donors (Lipinski definition) is 0. The first-order chi connectivity index (χ1) is 7.35. The third-order valence-electron chi connectivity index (χ3n) is 2.30. The standard InChI is InChI=1S/C13H12O2/c1-2-15-13-5-3-4-11-8-10(9-14)6-7-12(11)13/h3-9H,2H2,1H3. The van der Waals surface area contributed by atoms with E-state index >= 15 is 0 Å². The van der Waals surface area contributed by atoms with Crippen LogP contribution in [0.1, 0.15) is 17.3 Å². The summed E-state index contributed by atoms with van der Waals surface area (Å²) in [5, 5.41) is 2.08. The highest BCUT2D eigenvalue weighted by molar-refractivity contribution is 5.92. The highest BCUT2D eigenvalue weighted by Gasteiger charge is 2.01. The SMILES string of the molecule is CCOc1cccc2cc(C=O)ccc12. The van der Waals surface area contributed by atoms with Crippen LogP contribution in [-0.4, -0.2) is 12.9 Å². The van der Waals surface area contributed by atoms with E-state index in [-0.39, 0.29) is 0 Å². The number of ether oxygens (including phenoxy) is 1. The summed E-state index contributed by atoms with van der Waals surface area (Å²) >= 11 is 0. The summed E-state index contributed by atoms with van der Waals surface area (Å²) in [5.41, 5.74) is 0.691. The second-order valence-corrected chi connectivity index (χ2v) is 3.29. The van der Waals surface area contributed by atoms with Gasteiger partial charge in [0.05, 0.1) is 6.61 Å². The van der Waals surface area contributed by atoms with Crippen molar-refractivity contribution in [2.45, 2.75) is 6.92 Å². The normalized spacial score (nSPS) is 10.2. The first kappa shape index (κ1) is 9.71. The Labute approximate surface area is 88.5 Å². The number of rotatable bonds is 3. The summed E-state index contributed by atoms with van der Waals surface area (Å²) in [6.45, 7) is 2.60. The minimum Gasteiger partial charge on any atom is -0.493 e. The van der Waals surface area contributed by atoms with Crippen LogP contribution in [0.5, 0.6) is 5.75 Å². The van der Waals surface area contributed by atoms with Gasteiger partial charge in [0.15, 0.2) is 0 Å². The van der Waals surface area contributed by atoms with Crippen LogP contribution in [0.2, 0.25) is 0 Å². The Hall–Kier alpha value is -1.83. The molecule has 0 unspecified atom stereocenters. The van der Waals surface area contributed by atoms with Crippen molar-refractivity contribution in [1.82, 2.24) is 0 Å². The summed E-state index contributed by atoms with van der Waals surface area (Å²) in [4.78, 5) is 10.6. The van der Waals surface area contributed by atoms with E-state index in [1.807, 2.05) is 37.3 Å². The zero-order chi connectivity index (χ0) is 10.7. The molecule has 2 aromatic carbocycles. The predicted molar refractivity (Wildman–Crippen MR) is 60.5 cm³/mol. The Morgan fingerprint density at radius 3 is 2.87 bits per heavy atom. The summed E-state index contributed by atoms with van der Waals surface area (Å²) < 4.78 is 5.50. The van der Waals surface area contributed by atoms with E-state index in [4.69, 9.17) is 4.74 Å². The van der Waals surface area contributed by atoms with Crippen LogP contribution >= 0.6 is 0 Å². The molecule has 76 valence electrons. The number of benzene rings is 2. The molecule has 0 N–H and O–H groups in total. The lowest BCUT2D eigenvalue weighted by Crippen LogP contribution is -1.92. The smallest absolute Gasteiger partial charge is 0.150 e. The van der Waals surface area contributed by atoms with Crippen LogP contribution in [-0.2, 0) is 0 Å². The van der Waals surface area contributed by atoms with Crippen molar-refractivity contribution in [2.75, 3.05) is 6.61 Å². The molecule has 0 aliphatic carbocycles. The van der Waals surface area contributed by atoms with Gasteiger partial charge in [0, 0.05) is 10.9 Å². The molecule has 0 saturated carbocycles. The Bertz CT molecular complexity index is 489. The molecule has 0 heterocycles. The average molecular weight is 200 g/mol. The lowest BCUT2D eigenvalue weighted by Gasteiger charge is -2.07. The topological polar surface area (TPSA) is 26.3 Å². The zero-order valence-corrected chi connectivity index (χ0v) is 8.57. The van der Waals surface area contributed by atoms with Gasteiger partial charge in [0.25, 0.3) is 0 Å². The van der Waals surface area contributed by atoms with Gasteiger partial charge in [0.1, 0.15) is 12.0 Å². The van der Waals surface area contributed by atoms with Crippen molar-refractivity contribution in [3.63, 3.8) is 0 Å². The number of hydrogen-bond acceptors (Lipinski definition) is 2. The fourth-order valence-corrected chi connectivity index (χ4v) is 1.63. The molecule has 0 radical (unpaired) electrons. The number of fused-ring (bicyclic) bond motifs is 1. The summed E-state index contributed by atoms with van der Waals surface area (Å²) in [6.07, 6.45) is 0.854.